The van der Waals surface area contributed by atoms with E-state index in [4.69, 9.17) is 4.98 Å². The Labute approximate surface area is 176 Å². The Morgan fingerprint density at radius 1 is 1.03 bits per heavy atom. The molecule has 1 saturated heterocycles. The SMILES string of the molecule is C[C@@H](CNC(=O)C[NH+]1CC[NH+](Cc2nc3ccccc3s2)CC1)c1ccccc1. The Balaban J connectivity index is 1.19. The lowest BCUT2D eigenvalue weighted by Gasteiger charge is -2.29. The van der Waals surface area contributed by atoms with Gasteiger partial charge in [-0.2, -0.15) is 0 Å². The van der Waals surface area contributed by atoms with Crippen LogP contribution in [0, 0.1) is 0 Å². The standard InChI is InChI=1S/C23H28N4OS/c1-18(19-7-3-2-4-8-19)15-24-22(28)16-26-11-13-27(14-12-26)17-23-25-20-9-5-6-10-21(20)29-23/h2-10,18H,11-17H2,1H3,(H,24,28)/p+2/t18-/m0/s1. The molecule has 1 aromatic heterocycles. The molecule has 2 heterocycles. The molecule has 1 fully saturated rings. The normalized spacial score (nSPS) is 20.4. The fourth-order valence-electron chi connectivity index (χ4n) is 3.98. The van der Waals surface area contributed by atoms with Gasteiger partial charge in [-0.25, -0.2) is 4.98 Å². The first kappa shape index (κ1) is 20.0. The van der Waals surface area contributed by atoms with Gasteiger partial charge < -0.3 is 15.1 Å². The lowest BCUT2D eigenvalue weighted by Crippen LogP contribution is -3.28. The number of nitrogens with zero attached hydrogens (tertiary/aromatic N) is 1. The molecular weight excluding hydrogens is 380 g/mol. The van der Waals surface area contributed by atoms with Gasteiger partial charge in [0.1, 0.15) is 37.7 Å². The van der Waals surface area contributed by atoms with Crippen LogP contribution < -0.4 is 15.1 Å². The number of carbonyl (C=O) groups excluding carboxylic acids is 1. The number of thiazole rings is 1. The minimum absolute atomic E-state index is 0.164. The third kappa shape index (κ3) is 5.41. The van der Waals surface area contributed by atoms with E-state index in [1.165, 1.54) is 20.2 Å². The van der Waals surface area contributed by atoms with Crippen LogP contribution in [0.1, 0.15) is 23.4 Å². The third-order valence-electron chi connectivity index (χ3n) is 5.79. The molecule has 1 amide bonds. The largest absolute Gasteiger partial charge is 0.351 e. The van der Waals surface area contributed by atoms with Gasteiger partial charge in [0.05, 0.1) is 10.2 Å². The summed E-state index contributed by atoms with van der Waals surface area (Å²) in [4.78, 5) is 20.1. The van der Waals surface area contributed by atoms with Gasteiger partial charge in [0.15, 0.2) is 6.54 Å². The molecule has 3 aromatic rings. The number of amides is 1. The zero-order chi connectivity index (χ0) is 20.1. The summed E-state index contributed by atoms with van der Waals surface area (Å²) in [5.41, 5.74) is 2.38. The maximum atomic E-state index is 12.4. The first-order valence-corrected chi connectivity index (χ1v) is 11.3. The Bertz CT molecular complexity index is 901. The first-order chi connectivity index (χ1) is 14.2. The first-order valence-electron chi connectivity index (χ1n) is 10.5. The monoisotopic (exact) mass is 410 g/mol. The number of piperazine rings is 1. The number of quaternary nitrogens is 2. The van der Waals surface area contributed by atoms with Crippen molar-refractivity contribution < 1.29 is 14.6 Å². The number of fused-ring (bicyclic) bond motifs is 1. The van der Waals surface area contributed by atoms with Crippen molar-refractivity contribution in [2.24, 2.45) is 0 Å². The van der Waals surface area contributed by atoms with E-state index in [2.05, 4.69) is 42.6 Å². The molecule has 152 valence electrons. The molecule has 4 rings (SSSR count). The highest BCUT2D eigenvalue weighted by atomic mass is 32.1. The summed E-state index contributed by atoms with van der Waals surface area (Å²) in [5.74, 6) is 0.502. The summed E-state index contributed by atoms with van der Waals surface area (Å²) in [6.45, 7) is 8.71. The smallest absolute Gasteiger partial charge is 0.275 e. The van der Waals surface area contributed by atoms with Gasteiger partial charge in [0.2, 0.25) is 0 Å². The Kier molecular flexibility index (Phi) is 6.54. The second-order valence-electron chi connectivity index (χ2n) is 8.04. The van der Waals surface area contributed by atoms with Crippen molar-refractivity contribution in [3.8, 4) is 0 Å². The van der Waals surface area contributed by atoms with Crippen LogP contribution in [-0.2, 0) is 11.3 Å². The molecule has 29 heavy (non-hydrogen) atoms. The highest BCUT2D eigenvalue weighted by molar-refractivity contribution is 7.18. The number of nitrogens with one attached hydrogen (secondary N) is 3. The molecule has 1 atom stereocenters. The second-order valence-corrected chi connectivity index (χ2v) is 9.16. The molecule has 6 heteroatoms. The van der Waals surface area contributed by atoms with E-state index in [0.717, 1.165) is 38.2 Å². The number of carbonyl (C=O) groups is 1. The fourth-order valence-corrected chi connectivity index (χ4v) is 5.01. The summed E-state index contributed by atoms with van der Waals surface area (Å²) >= 11 is 1.81. The van der Waals surface area contributed by atoms with E-state index in [1.807, 2.05) is 24.3 Å². The topological polar surface area (TPSA) is 50.9 Å². The van der Waals surface area contributed by atoms with Gasteiger partial charge in [-0.1, -0.05) is 49.4 Å². The Morgan fingerprint density at radius 2 is 1.72 bits per heavy atom. The number of aromatic nitrogens is 1. The zero-order valence-corrected chi connectivity index (χ0v) is 17.8. The molecule has 5 nitrogen and oxygen atoms in total. The van der Waals surface area contributed by atoms with Crippen molar-refractivity contribution in [2.45, 2.75) is 19.4 Å². The number of hydrogen-bond donors (Lipinski definition) is 3. The minimum atomic E-state index is 0.164. The van der Waals surface area contributed by atoms with E-state index in [-0.39, 0.29) is 5.91 Å². The summed E-state index contributed by atoms with van der Waals surface area (Å²) in [5, 5.41) is 4.34. The van der Waals surface area contributed by atoms with Crippen molar-refractivity contribution in [2.75, 3.05) is 39.3 Å². The van der Waals surface area contributed by atoms with Crippen LogP contribution in [0.3, 0.4) is 0 Å². The van der Waals surface area contributed by atoms with Gasteiger partial charge in [-0.3, -0.25) is 4.79 Å². The maximum Gasteiger partial charge on any atom is 0.275 e. The van der Waals surface area contributed by atoms with Gasteiger partial charge in [-0.15, -0.1) is 11.3 Å². The molecule has 0 saturated carbocycles. The van der Waals surface area contributed by atoms with Crippen molar-refractivity contribution in [1.29, 1.82) is 0 Å². The Hall–Kier alpha value is -2.28. The van der Waals surface area contributed by atoms with Crippen LogP contribution in [-0.4, -0.2) is 50.2 Å². The highest BCUT2D eigenvalue weighted by Gasteiger charge is 2.25. The number of rotatable bonds is 7. The summed E-state index contributed by atoms with van der Waals surface area (Å²) < 4.78 is 1.27. The molecule has 0 spiro atoms. The molecule has 0 aliphatic carbocycles. The van der Waals surface area contributed by atoms with Gasteiger partial charge >= 0.3 is 0 Å². The van der Waals surface area contributed by atoms with E-state index >= 15 is 0 Å². The highest BCUT2D eigenvalue weighted by Crippen LogP contribution is 2.20. The third-order valence-corrected chi connectivity index (χ3v) is 6.82. The van der Waals surface area contributed by atoms with E-state index in [9.17, 15) is 4.79 Å². The van der Waals surface area contributed by atoms with Gasteiger partial charge in [0, 0.05) is 6.54 Å². The molecule has 0 unspecified atom stereocenters. The molecule has 2 aromatic carbocycles. The van der Waals surface area contributed by atoms with Crippen LogP contribution in [0.2, 0.25) is 0 Å². The molecule has 1 aliphatic rings. The average molecular weight is 411 g/mol. The van der Waals surface area contributed by atoms with Crippen molar-refractivity contribution in [3.63, 3.8) is 0 Å². The quantitative estimate of drug-likeness (QED) is 0.531. The predicted molar refractivity (Wildman–Crippen MR) is 117 cm³/mol. The summed E-state index contributed by atoms with van der Waals surface area (Å²) in [6.07, 6.45) is 0. The predicted octanol–water partition coefficient (Wildman–Crippen LogP) is 0.500. The van der Waals surface area contributed by atoms with Gasteiger partial charge in [0.25, 0.3) is 5.91 Å². The minimum Gasteiger partial charge on any atom is -0.351 e. The van der Waals surface area contributed by atoms with Crippen molar-refractivity contribution >= 4 is 27.5 Å². The lowest BCUT2D eigenvalue weighted by molar-refractivity contribution is -1.02. The molecular formula is C23H30N4OS+2. The van der Waals surface area contributed by atoms with Crippen LogP contribution in [0.15, 0.2) is 54.6 Å². The van der Waals surface area contributed by atoms with Crippen LogP contribution >= 0.6 is 11.3 Å². The van der Waals surface area contributed by atoms with E-state index in [0.29, 0.717) is 19.0 Å². The van der Waals surface area contributed by atoms with Crippen LogP contribution in [0.25, 0.3) is 10.2 Å². The molecule has 1 aliphatic heterocycles. The van der Waals surface area contributed by atoms with E-state index < -0.39 is 0 Å². The fraction of sp³-hybridized carbons (Fsp3) is 0.391. The number of hydrogen-bond acceptors (Lipinski definition) is 3. The number of para-hydroxylation sites is 1. The van der Waals surface area contributed by atoms with E-state index in [1.54, 1.807) is 16.2 Å². The Morgan fingerprint density at radius 3 is 2.48 bits per heavy atom. The summed E-state index contributed by atoms with van der Waals surface area (Å²) in [6, 6.07) is 18.7. The molecule has 0 bridgehead atoms. The van der Waals surface area contributed by atoms with Crippen LogP contribution in [0.5, 0.6) is 0 Å². The lowest BCUT2D eigenvalue weighted by atomic mass is 10.0. The summed E-state index contributed by atoms with van der Waals surface area (Å²) in [7, 11) is 0. The second kappa shape index (κ2) is 9.48. The molecule has 0 radical (unpaired) electrons. The zero-order valence-electron chi connectivity index (χ0n) is 17.0. The average Bonchev–Trinajstić information content (AvgIpc) is 3.16. The maximum absolute atomic E-state index is 12.4. The van der Waals surface area contributed by atoms with Crippen molar-refractivity contribution in [1.82, 2.24) is 10.3 Å². The van der Waals surface area contributed by atoms with Crippen molar-refractivity contribution in [3.05, 3.63) is 65.2 Å². The number of benzene rings is 2. The molecule has 3 N–H and O–H groups in total. The van der Waals surface area contributed by atoms with Crippen LogP contribution in [0.4, 0.5) is 0 Å². The van der Waals surface area contributed by atoms with Gasteiger partial charge in [-0.05, 0) is 23.6 Å².